The van der Waals surface area contributed by atoms with E-state index in [0.717, 1.165) is 57.5 Å². The van der Waals surface area contributed by atoms with Crippen molar-refractivity contribution >= 4 is 22.7 Å². The highest BCUT2D eigenvalue weighted by molar-refractivity contribution is 5.84. The van der Waals surface area contributed by atoms with E-state index in [1.54, 1.807) is 0 Å². The van der Waals surface area contributed by atoms with Crippen LogP contribution < -0.4 is 10.2 Å². The molecule has 1 fully saturated rings. The molecule has 1 saturated heterocycles. The molecule has 0 radical (unpaired) electrons. The van der Waals surface area contributed by atoms with E-state index in [1.807, 2.05) is 18.3 Å². The van der Waals surface area contributed by atoms with Crippen molar-refractivity contribution in [2.45, 2.75) is 20.3 Å². The molecule has 0 aliphatic carbocycles. The Morgan fingerprint density at radius 2 is 1.90 bits per heavy atom. The van der Waals surface area contributed by atoms with Crippen molar-refractivity contribution in [2.24, 2.45) is 4.99 Å². The number of hydrogen-bond donors (Lipinski definition) is 2. The molecular weight excluding hydrogens is 360 g/mol. The molecule has 4 rings (SSSR count). The summed E-state index contributed by atoms with van der Waals surface area (Å²) < 4.78 is 0. The molecular formula is C23H30N6. The fraction of sp³-hybridized carbons (Fsp3) is 0.391. The lowest BCUT2D eigenvalue weighted by atomic mass is 10.1. The number of benzene rings is 1. The van der Waals surface area contributed by atoms with Crippen LogP contribution in [0, 0.1) is 6.92 Å². The summed E-state index contributed by atoms with van der Waals surface area (Å²) in [6.45, 7) is 9.77. The standard InChI is InChI=1S/C23H30N6/c1-3-24-23(29-16-14-28(15-17-29)22-10-6-7-12-25-22)26-13-11-19-18(2)27-21-9-5-4-8-20(19)21/h4-10,12,27H,3,11,13-17H2,1-2H3,(H,24,26). The van der Waals surface area contributed by atoms with Crippen LogP contribution in [0.5, 0.6) is 0 Å². The van der Waals surface area contributed by atoms with E-state index in [1.165, 1.54) is 22.2 Å². The Labute approximate surface area is 172 Å². The third-order valence-electron chi connectivity index (χ3n) is 5.54. The summed E-state index contributed by atoms with van der Waals surface area (Å²) in [5, 5.41) is 4.79. The molecule has 0 saturated carbocycles. The first-order valence-electron chi connectivity index (χ1n) is 10.5. The summed E-state index contributed by atoms with van der Waals surface area (Å²) in [6.07, 6.45) is 2.80. The molecule has 0 bridgehead atoms. The number of aromatic amines is 1. The van der Waals surface area contributed by atoms with Crippen molar-refractivity contribution in [3.8, 4) is 0 Å². The van der Waals surface area contributed by atoms with Crippen molar-refractivity contribution in [3.05, 3.63) is 59.9 Å². The minimum absolute atomic E-state index is 0.783. The van der Waals surface area contributed by atoms with Crippen molar-refractivity contribution in [1.29, 1.82) is 0 Å². The summed E-state index contributed by atoms with van der Waals surface area (Å²) in [7, 11) is 0. The number of piperazine rings is 1. The van der Waals surface area contributed by atoms with Gasteiger partial charge in [0, 0.05) is 62.1 Å². The number of aryl methyl sites for hydroxylation is 1. The topological polar surface area (TPSA) is 59.6 Å². The minimum Gasteiger partial charge on any atom is -0.358 e. The highest BCUT2D eigenvalue weighted by atomic mass is 15.4. The molecule has 0 unspecified atom stereocenters. The second-order valence-corrected chi connectivity index (χ2v) is 7.42. The van der Waals surface area contributed by atoms with Gasteiger partial charge in [-0.1, -0.05) is 24.3 Å². The molecule has 6 nitrogen and oxygen atoms in total. The van der Waals surface area contributed by atoms with Gasteiger partial charge < -0.3 is 20.1 Å². The molecule has 1 aliphatic rings. The lowest BCUT2D eigenvalue weighted by Crippen LogP contribution is -2.52. The van der Waals surface area contributed by atoms with Crippen LogP contribution in [0.1, 0.15) is 18.2 Å². The van der Waals surface area contributed by atoms with Gasteiger partial charge >= 0.3 is 0 Å². The fourth-order valence-electron chi connectivity index (χ4n) is 4.04. The average Bonchev–Trinajstić information content (AvgIpc) is 3.09. The second-order valence-electron chi connectivity index (χ2n) is 7.42. The Bertz CT molecular complexity index is 954. The minimum atomic E-state index is 0.783. The van der Waals surface area contributed by atoms with Crippen LogP contribution in [0.25, 0.3) is 10.9 Å². The first-order chi connectivity index (χ1) is 14.3. The van der Waals surface area contributed by atoms with E-state index in [9.17, 15) is 0 Å². The van der Waals surface area contributed by atoms with Crippen molar-refractivity contribution in [1.82, 2.24) is 20.2 Å². The molecule has 0 atom stereocenters. The number of H-pyrrole nitrogens is 1. The lowest BCUT2D eigenvalue weighted by Gasteiger charge is -2.37. The quantitative estimate of drug-likeness (QED) is 0.519. The smallest absolute Gasteiger partial charge is 0.194 e. The SMILES string of the molecule is CCNC(=NCCc1c(C)[nH]c2ccccc12)N1CCN(c2ccccn2)CC1. The molecule has 1 aromatic carbocycles. The number of pyridine rings is 1. The first-order valence-corrected chi connectivity index (χ1v) is 10.5. The normalized spacial score (nSPS) is 15.2. The van der Waals surface area contributed by atoms with Crippen LogP contribution in [-0.2, 0) is 6.42 Å². The number of hydrogen-bond acceptors (Lipinski definition) is 3. The number of rotatable bonds is 5. The Kier molecular flexibility index (Phi) is 5.98. The molecule has 3 aromatic rings. The Morgan fingerprint density at radius 3 is 2.66 bits per heavy atom. The lowest BCUT2D eigenvalue weighted by molar-refractivity contribution is 0.371. The third kappa shape index (κ3) is 4.36. The van der Waals surface area contributed by atoms with Crippen LogP contribution in [0.4, 0.5) is 5.82 Å². The number of anilines is 1. The molecule has 0 spiro atoms. The van der Waals surface area contributed by atoms with Crippen LogP contribution in [0.3, 0.4) is 0 Å². The van der Waals surface area contributed by atoms with Crippen LogP contribution in [0.2, 0.25) is 0 Å². The Morgan fingerprint density at radius 1 is 1.10 bits per heavy atom. The maximum Gasteiger partial charge on any atom is 0.194 e. The van der Waals surface area contributed by atoms with Gasteiger partial charge in [0.2, 0.25) is 0 Å². The molecule has 29 heavy (non-hydrogen) atoms. The van der Waals surface area contributed by atoms with Crippen LogP contribution in [0.15, 0.2) is 53.7 Å². The number of aromatic nitrogens is 2. The summed E-state index contributed by atoms with van der Waals surface area (Å²) in [4.78, 5) is 17.6. The van der Waals surface area contributed by atoms with Crippen molar-refractivity contribution in [3.63, 3.8) is 0 Å². The number of para-hydroxylation sites is 1. The average molecular weight is 391 g/mol. The highest BCUT2D eigenvalue weighted by Gasteiger charge is 2.20. The van der Waals surface area contributed by atoms with Crippen LogP contribution >= 0.6 is 0 Å². The van der Waals surface area contributed by atoms with E-state index >= 15 is 0 Å². The van der Waals surface area contributed by atoms with Gasteiger partial charge in [-0.15, -0.1) is 0 Å². The van der Waals surface area contributed by atoms with Gasteiger partial charge in [-0.2, -0.15) is 0 Å². The maximum absolute atomic E-state index is 4.94. The molecule has 3 heterocycles. The zero-order chi connectivity index (χ0) is 20.1. The molecule has 1 aliphatic heterocycles. The zero-order valence-corrected chi connectivity index (χ0v) is 17.4. The van der Waals surface area contributed by atoms with E-state index in [4.69, 9.17) is 4.99 Å². The van der Waals surface area contributed by atoms with E-state index in [0.29, 0.717) is 0 Å². The second kappa shape index (κ2) is 8.99. The van der Waals surface area contributed by atoms with Gasteiger partial charge in [0.25, 0.3) is 0 Å². The van der Waals surface area contributed by atoms with E-state index in [-0.39, 0.29) is 0 Å². The number of aliphatic imine (C=N–C) groups is 1. The molecule has 2 N–H and O–H groups in total. The number of nitrogens with one attached hydrogen (secondary N) is 2. The van der Waals surface area contributed by atoms with Gasteiger partial charge in [0.1, 0.15) is 5.82 Å². The zero-order valence-electron chi connectivity index (χ0n) is 17.4. The monoisotopic (exact) mass is 390 g/mol. The van der Waals surface area contributed by atoms with Crippen LogP contribution in [-0.4, -0.2) is 60.1 Å². The molecule has 2 aromatic heterocycles. The van der Waals surface area contributed by atoms with Gasteiger partial charge in [-0.25, -0.2) is 4.98 Å². The van der Waals surface area contributed by atoms with E-state index in [2.05, 4.69) is 69.3 Å². The molecule has 0 amide bonds. The summed E-state index contributed by atoms with van der Waals surface area (Å²) >= 11 is 0. The van der Waals surface area contributed by atoms with Crippen molar-refractivity contribution in [2.75, 3.05) is 44.2 Å². The molecule has 6 heteroatoms. The largest absolute Gasteiger partial charge is 0.358 e. The maximum atomic E-state index is 4.94. The predicted molar refractivity (Wildman–Crippen MR) is 121 cm³/mol. The fourth-order valence-corrected chi connectivity index (χ4v) is 4.04. The number of fused-ring (bicyclic) bond motifs is 1. The number of nitrogens with zero attached hydrogens (tertiary/aromatic N) is 4. The van der Waals surface area contributed by atoms with Crippen molar-refractivity contribution < 1.29 is 0 Å². The summed E-state index contributed by atoms with van der Waals surface area (Å²) in [6, 6.07) is 14.6. The third-order valence-corrected chi connectivity index (χ3v) is 5.54. The predicted octanol–water partition coefficient (Wildman–Crippen LogP) is 3.20. The summed E-state index contributed by atoms with van der Waals surface area (Å²) in [5.41, 5.74) is 3.83. The number of guanidine groups is 1. The van der Waals surface area contributed by atoms with Gasteiger partial charge in [-0.05, 0) is 44.0 Å². The van der Waals surface area contributed by atoms with E-state index < -0.39 is 0 Å². The molecule has 152 valence electrons. The Hall–Kier alpha value is -3.02. The summed E-state index contributed by atoms with van der Waals surface area (Å²) in [5.74, 6) is 2.08. The highest BCUT2D eigenvalue weighted by Crippen LogP contribution is 2.22. The Balaban J connectivity index is 1.40. The first kappa shape index (κ1) is 19.3. The van der Waals surface area contributed by atoms with Gasteiger partial charge in [0.05, 0.1) is 0 Å². The van der Waals surface area contributed by atoms with Gasteiger partial charge in [0.15, 0.2) is 5.96 Å². The van der Waals surface area contributed by atoms with Gasteiger partial charge in [-0.3, -0.25) is 4.99 Å².